The van der Waals surface area contributed by atoms with E-state index in [-0.39, 0.29) is 12.1 Å². The third-order valence-corrected chi connectivity index (χ3v) is 3.14. The molecule has 0 fully saturated rings. The zero-order chi connectivity index (χ0) is 16.1. The van der Waals surface area contributed by atoms with Crippen molar-refractivity contribution in [1.82, 2.24) is 10.5 Å². The van der Waals surface area contributed by atoms with Gasteiger partial charge >= 0.3 is 5.97 Å². The van der Waals surface area contributed by atoms with Crippen LogP contribution in [0.3, 0.4) is 0 Å². The summed E-state index contributed by atoms with van der Waals surface area (Å²) in [5, 5.41) is 15.3. The molecule has 1 aromatic heterocycles. The minimum absolute atomic E-state index is 0.149. The Labute approximate surface area is 126 Å². The average molecular weight is 304 g/mol. The summed E-state index contributed by atoms with van der Waals surface area (Å²) < 4.78 is 9.86. The van der Waals surface area contributed by atoms with Gasteiger partial charge in [0, 0.05) is 12.7 Å². The van der Waals surface area contributed by atoms with Crippen LogP contribution >= 0.6 is 0 Å². The van der Waals surface area contributed by atoms with Crippen molar-refractivity contribution >= 4 is 11.9 Å². The van der Waals surface area contributed by atoms with E-state index in [0.717, 1.165) is 5.56 Å². The van der Waals surface area contributed by atoms with Gasteiger partial charge in [0.25, 0.3) is 5.91 Å². The Morgan fingerprint density at radius 3 is 2.64 bits per heavy atom. The molecule has 1 unspecified atom stereocenters. The van der Waals surface area contributed by atoms with Crippen molar-refractivity contribution in [1.29, 1.82) is 0 Å². The number of carboxylic acid groups (broad SMARTS) is 1. The van der Waals surface area contributed by atoms with Crippen LogP contribution in [0.5, 0.6) is 0 Å². The Balaban J connectivity index is 2.20. The summed E-state index contributed by atoms with van der Waals surface area (Å²) in [5.74, 6) is -1.24. The van der Waals surface area contributed by atoms with Gasteiger partial charge in [0.05, 0.1) is 6.54 Å². The Morgan fingerprint density at radius 2 is 2.05 bits per heavy atom. The Morgan fingerprint density at radius 1 is 1.36 bits per heavy atom. The molecule has 7 heteroatoms. The average Bonchev–Trinajstić information content (AvgIpc) is 2.90. The molecule has 0 saturated heterocycles. The van der Waals surface area contributed by atoms with Gasteiger partial charge in [-0.2, -0.15) is 0 Å². The lowest BCUT2D eigenvalue weighted by atomic mass is 10.1. The van der Waals surface area contributed by atoms with Crippen molar-refractivity contribution in [2.75, 3.05) is 13.7 Å². The highest BCUT2D eigenvalue weighted by Gasteiger charge is 2.23. The van der Waals surface area contributed by atoms with E-state index in [1.54, 1.807) is 6.92 Å². The summed E-state index contributed by atoms with van der Waals surface area (Å²) in [5.41, 5.74) is 1.44. The zero-order valence-electron chi connectivity index (χ0n) is 12.2. The molecule has 0 spiro atoms. The number of hydrogen-bond acceptors (Lipinski definition) is 5. The number of carbonyl (C=O) groups excluding carboxylic acids is 1. The maximum atomic E-state index is 12.3. The third-order valence-electron chi connectivity index (χ3n) is 3.14. The fraction of sp³-hybridized carbons (Fsp3) is 0.267. The molecular formula is C15H16N2O5. The molecule has 0 aliphatic carbocycles. The summed E-state index contributed by atoms with van der Waals surface area (Å²) >= 11 is 0. The van der Waals surface area contributed by atoms with Gasteiger partial charge in [0.2, 0.25) is 0 Å². The molecule has 7 nitrogen and oxygen atoms in total. The monoisotopic (exact) mass is 304 g/mol. The van der Waals surface area contributed by atoms with E-state index in [1.807, 2.05) is 30.3 Å². The van der Waals surface area contributed by atoms with E-state index >= 15 is 0 Å². The lowest BCUT2D eigenvalue weighted by Crippen LogP contribution is -2.38. The molecule has 0 radical (unpaired) electrons. The minimum atomic E-state index is -1.15. The van der Waals surface area contributed by atoms with Gasteiger partial charge < -0.3 is 19.7 Å². The van der Waals surface area contributed by atoms with Crippen LogP contribution in [0.25, 0.3) is 11.3 Å². The molecule has 116 valence electrons. The number of aliphatic carboxylic acids is 1. The molecule has 2 N–H and O–H groups in total. The summed E-state index contributed by atoms with van der Waals surface area (Å²) in [4.78, 5) is 23.2. The quantitative estimate of drug-likeness (QED) is 0.838. The fourth-order valence-electron chi connectivity index (χ4n) is 1.98. The normalized spacial score (nSPS) is 11.9. The van der Waals surface area contributed by atoms with Crippen LogP contribution in [0.1, 0.15) is 16.1 Å². The second-order valence-corrected chi connectivity index (χ2v) is 4.60. The number of nitrogens with zero attached hydrogens (tertiary/aromatic N) is 1. The fourth-order valence-corrected chi connectivity index (χ4v) is 1.98. The molecule has 1 atom stereocenters. The van der Waals surface area contributed by atoms with Gasteiger partial charge in [0.15, 0.2) is 6.10 Å². The molecular weight excluding hydrogens is 288 g/mol. The summed E-state index contributed by atoms with van der Waals surface area (Å²) in [6, 6.07) is 9.12. The molecule has 2 rings (SSSR count). The van der Waals surface area contributed by atoms with Crippen molar-refractivity contribution in [2.24, 2.45) is 0 Å². The lowest BCUT2D eigenvalue weighted by molar-refractivity contribution is -0.148. The maximum Gasteiger partial charge on any atom is 0.334 e. The minimum Gasteiger partial charge on any atom is -0.479 e. The molecule has 22 heavy (non-hydrogen) atoms. The molecule has 0 aliphatic rings. The van der Waals surface area contributed by atoms with Gasteiger partial charge in [-0.05, 0) is 6.92 Å². The van der Waals surface area contributed by atoms with Gasteiger partial charge in [-0.3, -0.25) is 4.79 Å². The number of methoxy groups -OCH3 is 1. The summed E-state index contributed by atoms with van der Waals surface area (Å²) in [7, 11) is 1.27. The van der Waals surface area contributed by atoms with Gasteiger partial charge in [-0.1, -0.05) is 35.5 Å². The predicted octanol–water partition coefficient (Wildman–Crippen LogP) is 1.48. The van der Waals surface area contributed by atoms with Crippen LogP contribution in [0.2, 0.25) is 0 Å². The van der Waals surface area contributed by atoms with Crippen molar-refractivity contribution in [2.45, 2.75) is 13.0 Å². The van der Waals surface area contributed by atoms with Crippen LogP contribution in [0.15, 0.2) is 34.9 Å². The molecule has 1 amide bonds. The van der Waals surface area contributed by atoms with E-state index in [9.17, 15) is 9.59 Å². The second-order valence-electron chi connectivity index (χ2n) is 4.60. The van der Waals surface area contributed by atoms with Crippen molar-refractivity contribution in [3.8, 4) is 11.3 Å². The zero-order valence-corrected chi connectivity index (χ0v) is 12.2. The number of nitrogens with one attached hydrogen (secondary N) is 1. The Hall–Kier alpha value is -2.67. The Bertz CT molecular complexity index is 666. The topological polar surface area (TPSA) is 102 Å². The number of carbonyl (C=O) groups is 2. The van der Waals surface area contributed by atoms with Gasteiger partial charge in [-0.15, -0.1) is 0 Å². The number of aryl methyl sites for hydroxylation is 1. The lowest BCUT2D eigenvalue weighted by Gasteiger charge is -2.11. The number of aromatic nitrogens is 1. The number of ether oxygens (including phenoxy) is 1. The van der Waals surface area contributed by atoms with Crippen molar-refractivity contribution in [3.05, 3.63) is 41.7 Å². The highest BCUT2D eigenvalue weighted by Crippen LogP contribution is 2.24. The highest BCUT2D eigenvalue weighted by atomic mass is 16.5. The van der Waals surface area contributed by atoms with E-state index in [4.69, 9.17) is 14.4 Å². The first-order chi connectivity index (χ1) is 10.5. The smallest absolute Gasteiger partial charge is 0.334 e. The Kier molecular flexibility index (Phi) is 4.90. The predicted molar refractivity (Wildman–Crippen MR) is 77.4 cm³/mol. The van der Waals surface area contributed by atoms with Crippen molar-refractivity contribution in [3.63, 3.8) is 0 Å². The van der Waals surface area contributed by atoms with E-state index in [1.165, 1.54) is 7.11 Å². The number of hydrogen-bond donors (Lipinski definition) is 2. The molecule has 1 heterocycles. The molecule has 0 bridgehead atoms. The molecule has 0 saturated carbocycles. The van der Waals surface area contributed by atoms with Gasteiger partial charge in [-0.25, -0.2) is 4.79 Å². The van der Waals surface area contributed by atoms with Crippen LogP contribution < -0.4 is 5.32 Å². The largest absolute Gasteiger partial charge is 0.479 e. The van der Waals surface area contributed by atoms with Crippen LogP contribution in [-0.4, -0.2) is 41.9 Å². The summed E-state index contributed by atoms with van der Waals surface area (Å²) in [6.07, 6.45) is -1.11. The maximum absolute atomic E-state index is 12.3. The molecule has 2 aromatic rings. The standard InChI is InChI=1S/C15H16N2O5/c1-9-12(14(18)16-8-11(21-2)15(19)20)13(17-22-9)10-6-4-3-5-7-10/h3-7,11H,8H2,1-2H3,(H,16,18)(H,19,20). The first-order valence-corrected chi connectivity index (χ1v) is 6.60. The van der Waals surface area contributed by atoms with Crippen LogP contribution in [0, 0.1) is 6.92 Å². The van der Waals surface area contributed by atoms with Crippen molar-refractivity contribution < 1.29 is 24.0 Å². The van der Waals surface area contributed by atoms with E-state index < -0.39 is 18.0 Å². The highest BCUT2D eigenvalue weighted by molar-refractivity contribution is 6.00. The van der Waals surface area contributed by atoms with E-state index in [2.05, 4.69) is 10.5 Å². The number of carboxylic acids is 1. The van der Waals surface area contributed by atoms with Crippen LogP contribution in [0.4, 0.5) is 0 Å². The van der Waals surface area contributed by atoms with Gasteiger partial charge in [0.1, 0.15) is 17.0 Å². The molecule has 0 aliphatic heterocycles. The summed E-state index contributed by atoms with van der Waals surface area (Å²) in [6.45, 7) is 1.48. The van der Waals surface area contributed by atoms with Crippen LogP contribution in [-0.2, 0) is 9.53 Å². The number of benzene rings is 1. The molecule has 1 aromatic carbocycles. The number of rotatable bonds is 6. The first-order valence-electron chi connectivity index (χ1n) is 6.60. The third kappa shape index (κ3) is 3.32. The number of amides is 1. The SMILES string of the molecule is COC(CNC(=O)c1c(-c2ccccc2)noc1C)C(=O)O. The second kappa shape index (κ2) is 6.86. The van der Waals surface area contributed by atoms with E-state index in [0.29, 0.717) is 11.5 Å². The first kappa shape index (κ1) is 15.7.